The molecule has 1 saturated carbocycles. The van der Waals surface area contributed by atoms with Crippen LogP contribution >= 0.6 is 0 Å². The van der Waals surface area contributed by atoms with E-state index in [1.165, 1.54) is 0 Å². The first-order valence-electron chi connectivity index (χ1n) is 5.02. The molecule has 74 valence electrons. The highest BCUT2D eigenvalue weighted by Crippen LogP contribution is 2.45. The van der Waals surface area contributed by atoms with Crippen molar-refractivity contribution in [3.63, 3.8) is 0 Å². The topological polar surface area (TPSA) is 57.8 Å². The van der Waals surface area contributed by atoms with Crippen LogP contribution in [0.2, 0.25) is 0 Å². The maximum absolute atomic E-state index is 11.7. The van der Waals surface area contributed by atoms with E-state index in [2.05, 4.69) is 22.2 Å². The Hall–Kier alpha value is -1.16. The fourth-order valence-electron chi connectivity index (χ4n) is 1.89. The SMILES string of the molecule is CC1(c2nc3c(c(=O)[nH]2)CNC3)CC1. The van der Waals surface area contributed by atoms with Gasteiger partial charge >= 0.3 is 0 Å². The van der Waals surface area contributed by atoms with Crippen LogP contribution in [-0.2, 0) is 18.5 Å². The van der Waals surface area contributed by atoms with Crippen molar-refractivity contribution in [3.8, 4) is 0 Å². The molecule has 0 radical (unpaired) electrons. The molecule has 2 N–H and O–H groups in total. The molecule has 0 unspecified atom stereocenters. The molecule has 1 fully saturated rings. The Balaban J connectivity index is 2.17. The molecule has 0 spiro atoms. The van der Waals surface area contributed by atoms with Crippen molar-refractivity contribution in [1.82, 2.24) is 15.3 Å². The van der Waals surface area contributed by atoms with Gasteiger partial charge in [-0.15, -0.1) is 0 Å². The molecule has 3 rings (SSSR count). The molecule has 0 atom stereocenters. The summed E-state index contributed by atoms with van der Waals surface area (Å²) in [6, 6.07) is 0. The summed E-state index contributed by atoms with van der Waals surface area (Å²) < 4.78 is 0. The van der Waals surface area contributed by atoms with Gasteiger partial charge in [-0.2, -0.15) is 0 Å². The van der Waals surface area contributed by atoms with Gasteiger partial charge in [-0.1, -0.05) is 6.92 Å². The van der Waals surface area contributed by atoms with Gasteiger partial charge in [0.15, 0.2) is 0 Å². The number of rotatable bonds is 1. The predicted octanol–water partition coefficient (Wildman–Crippen LogP) is 0.425. The van der Waals surface area contributed by atoms with E-state index in [4.69, 9.17) is 0 Å². The summed E-state index contributed by atoms with van der Waals surface area (Å²) in [6.07, 6.45) is 2.28. The number of aromatic nitrogens is 2. The number of hydrogen-bond acceptors (Lipinski definition) is 3. The average molecular weight is 191 g/mol. The smallest absolute Gasteiger partial charge is 0.255 e. The summed E-state index contributed by atoms with van der Waals surface area (Å²) in [5, 5.41) is 3.15. The lowest BCUT2D eigenvalue weighted by Crippen LogP contribution is -2.20. The number of fused-ring (bicyclic) bond motifs is 1. The number of hydrogen-bond donors (Lipinski definition) is 2. The summed E-state index contributed by atoms with van der Waals surface area (Å²) >= 11 is 0. The summed E-state index contributed by atoms with van der Waals surface area (Å²) in [5.74, 6) is 0.880. The van der Waals surface area contributed by atoms with Gasteiger partial charge in [0.1, 0.15) is 5.82 Å². The fraction of sp³-hybridized carbons (Fsp3) is 0.600. The molecule has 0 aromatic carbocycles. The van der Waals surface area contributed by atoms with Gasteiger partial charge < -0.3 is 10.3 Å². The molecule has 2 aliphatic rings. The minimum atomic E-state index is 0.0446. The second-order valence-electron chi connectivity index (χ2n) is 4.50. The lowest BCUT2D eigenvalue weighted by Gasteiger charge is -2.08. The first-order chi connectivity index (χ1) is 6.69. The van der Waals surface area contributed by atoms with Crippen LogP contribution in [0.5, 0.6) is 0 Å². The minimum absolute atomic E-state index is 0.0446. The van der Waals surface area contributed by atoms with Gasteiger partial charge in [0.05, 0.1) is 11.3 Å². The zero-order valence-corrected chi connectivity index (χ0v) is 8.18. The zero-order chi connectivity index (χ0) is 9.76. The Morgan fingerprint density at radius 2 is 2.14 bits per heavy atom. The highest BCUT2D eigenvalue weighted by molar-refractivity contribution is 5.25. The Morgan fingerprint density at radius 1 is 1.36 bits per heavy atom. The average Bonchev–Trinajstić information content (AvgIpc) is 2.75. The molecule has 14 heavy (non-hydrogen) atoms. The zero-order valence-electron chi connectivity index (χ0n) is 8.18. The van der Waals surface area contributed by atoms with Crippen LogP contribution in [0.25, 0.3) is 0 Å². The van der Waals surface area contributed by atoms with Crippen LogP contribution < -0.4 is 10.9 Å². The van der Waals surface area contributed by atoms with Gasteiger partial charge in [0.25, 0.3) is 5.56 Å². The largest absolute Gasteiger partial charge is 0.310 e. The number of nitrogens with one attached hydrogen (secondary N) is 2. The number of aromatic amines is 1. The maximum atomic E-state index is 11.7. The monoisotopic (exact) mass is 191 g/mol. The van der Waals surface area contributed by atoms with E-state index >= 15 is 0 Å². The predicted molar refractivity (Wildman–Crippen MR) is 52.0 cm³/mol. The summed E-state index contributed by atoms with van der Waals surface area (Å²) in [4.78, 5) is 19.1. The van der Waals surface area contributed by atoms with E-state index in [9.17, 15) is 4.79 Å². The van der Waals surface area contributed by atoms with Crippen molar-refractivity contribution in [2.24, 2.45) is 0 Å². The lowest BCUT2D eigenvalue weighted by atomic mass is 10.1. The van der Waals surface area contributed by atoms with Crippen LogP contribution in [0, 0.1) is 0 Å². The van der Waals surface area contributed by atoms with Crippen molar-refractivity contribution in [1.29, 1.82) is 0 Å². The molecule has 1 aromatic heterocycles. The number of nitrogens with zero attached hydrogens (tertiary/aromatic N) is 1. The molecule has 1 aliphatic heterocycles. The molecular formula is C10H13N3O. The molecule has 1 aliphatic carbocycles. The summed E-state index contributed by atoms with van der Waals surface area (Å²) in [7, 11) is 0. The molecular weight excluding hydrogens is 178 g/mol. The maximum Gasteiger partial charge on any atom is 0.255 e. The van der Waals surface area contributed by atoms with Gasteiger partial charge in [-0.3, -0.25) is 4.79 Å². The minimum Gasteiger partial charge on any atom is -0.310 e. The van der Waals surface area contributed by atoms with E-state index < -0.39 is 0 Å². The number of H-pyrrole nitrogens is 1. The summed E-state index contributed by atoms with van der Waals surface area (Å²) in [5.41, 5.74) is 1.95. The first kappa shape index (κ1) is 8.17. The molecule has 1 aromatic rings. The van der Waals surface area contributed by atoms with Crippen LogP contribution in [0.15, 0.2) is 4.79 Å². The lowest BCUT2D eigenvalue weighted by molar-refractivity contribution is 0.690. The molecule has 4 heteroatoms. The quantitative estimate of drug-likeness (QED) is 0.676. The Morgan fingerprint density at radius 3 is 2.86 bits per heavy atom. The van der Waals surface area contributed by atoms with Gasteiger partial charge in [-0.25, -0.2) is 4.98 Å². The van der Waals surface area contributed by atoms with E-state index in [1.807, 2.05) is 0 Å². The van der Waals surface area contributed by atoms with Crippen LogP contribution in [-0.4, -0.2) is 9.97 Å². The fourth-order valence-corrected chi connectivity index (χ4v) is 1.89. The van der Waals surface area contributed by atoms with E-state index in [1.54, 1.807) is 0 Å². The molecule has 0 saturated heterocycles. The third kappa shape index (κ3) is 1.04. The highest BCUT2D eigenvalue weighted by atomic mass is 16.1. The van der Waals surface area contributed by atoms with E-state index in [-0.39, 0.29) is 11.0 Å². The molecule has 0 bridgehead atoms. The van der Waals surface area contributed by atoms with E-state index in [0.717, 1.165) is 36.5 Å². The van der Waals surface area contributed by atoms with Gasteiger partial charge in [0.2, 0.25) is 0 Å². The van der Waals surface area contributed by atoms with Crippen molar-refractivity contribution in [2.45, 2.75) is 38.3 Å². The van der Waals surface area contributed by atoms with Gasteiger partial charge in [0, 0.05) is 18.5 Å². The van der Waals surface area contributed by atoms with Crippen molar-refractivity contribution in [3.05, 3.63) is 27.4 Å². The summed E-state index contributed by atoms with van der Waals surface area (Å²) in [6.45, 7) is 3.55. The Bertz CT molecular complexity index is 445. The third-order valence-electron chi connectivity index (χ3n) is 3.27. The van der Waals surface area contributed by atoms with Crippen molar-refractivity contribution < 1.29 is 0 Å². The van der Waals surface area contributed by atoms with Gasteiger partial charge in [-0.05, 0) is 12.8 Å². The standard InChI is InChI=1S/C10H13N3O/c1-10(2-3-10)9-12-7-5-11-4-6(7)8(14)13-9/h11H,2-5H2,1H3,(H,12,13,14). The molecule has 0 amide bonds. The molecule has 2 heterocycles. The van der Waals surface area contributed by atoms with Crippen LogP contribution in [0.4, 0.5) is 0 Å². The van der Waals surface area contributed by atoms with Crippen molar-refractivity contribution >= 4 is 0 Å². The first-order valence-corrected chi connectivity index (χ1v) is 5.02. The van der Waals surface area contributed by atoms with Crippen molar-refractivity contribution in [2.75, 3.05) is 0 Å². The molecule has 4 nitrogen and oxygen atoms in total. The van der Waals surface area contributed by atoms with Crippen LogP contribution in [0.1, 0.15) is 36.8 Å². The second kappa shape index (κ2) is 2.45. The second-order valence-corrected chi connectivity index (χ2v) is 4.50. The third-order valence-corrected chi connectivity index (χ3v) is 3.27. The Labute approximate surface area is 81.8 Å². The normalized spacial score (nSPS) is 22.1. The van der Waals surface area contributed by atoms with E-state index in [0.29, 0.717) is 6.54 Å². The Kier molecular flexibility index (Phi) is 1.43. The highest BCUT2D eigenvalue weighted by Gasteiger charge is 2.42. The van der Waals surface area contributed by atoms with Crippen LogP contribution in [0.3, 0.4) is 0 Å².